The molecule has 0 amide bonds. The first-order valence-corrected chi connectivity index (χ1v) is 7.75. The minimum absolute atomic E-state index is 0.175. The Morgan fingerprint density at radius 1 is 1.10 bits per heavy atom. The first kappa shape index (κ1) is 14.7. The highest BCUT2D eigenvalue weighted by Gasteiger charge is 2.19. The smallest absolute Gasteiger partial charge is 0.137 e. The Morgan fingerprint density at radius 3 is 2.52 bits per heavy atom. The van der Waals surface area contributed by atoms with Gasteiger partial charge >= 0.3 is 0 Å². The number of alkyl halides is 1. The molecule has 0 aliphatic rings. The van der Waals surface area contributed by atoms with Crippen molar-refractivity contribution >= 4 is 40.4 Å². The van der Waals surface area contributed by atoms with E-state index in [1.807, 2.05) is 44.2 Å². The molecule has 21 heavy (non-hydrogen) atoms. The van der Waals surface area contributed by atoms with E-state index in [4.69, 9.17) is 39.8 Å². The summed E-state index contributed by atoms with van der Waals surface area (Å²) in [6, 6.07) is 11.5. The summed E-state index contributed by atoms with van der Waals surface area (Å²) in [6.07, 6.45) is 0. The van der Waals surface area contributed by atoms with E-state index in [1.165, 1.54) is 0 Å². The van der Waals surface area contributed by atoms with Crippen LogP contribution in [0.2, 0.25) is 10.0 Å². The normalized spacial score (nSPS) is 12.8. The molecule has 0 radical (unpaired) electrons. The number of rotatable bonds is 2. The molecule has 1 atom stereocenters. The predicted octanol–water partition coefficient (Wildman–Crippen LogP) is 5.92. The van der Waals surface area contributed by atoms with Gasteiger partial charge in [-0.05, 0) is 38.1 Å². The Bertz CT molecular complexity index is 822. The second kappa shape index (κ2) is 5.53. The van der Waals surface area contributed by atoms with Gasteiger partial charge in [-0.3, -0.25) is 4.40 Å². The van der Waals surface area contributed by atoms with Crippen LogP contribution in [0.25, 0.3) is 16.9 Å². The maximum absolute atomic E-state index is 6.40. The molecule has 0 spiro atoms. The largest absolute Gasteiger partial charge is 0.299 e. The van der Waals surface area contributed by atoms with Gasteiger partial charge in [-0.1, -0.05) is 35.3 Å². The van der Waals surface area contributed by atoms with E-state index in [2.05, 4.69) is 4.40 Å². The minimum atomic E-state index is -0.175. The van der Waals surface area contributed by atoms with Crippen LogP contribution in [0.15, 0.2) is 36.4 Å². The molecule has 0 bridgehead atoms. The van der Waals surface area contributed by atoms with Gasteiger partial charge in [-0.2, -0.15) is 0 Å². The van der Waals surface area contributed by atoms with Crippen molar-refractivity contribution in [1.29, 1.82) is 0 Å². The van der Waals surface area contributed by atoms with Gasteiger partial charge in [0.05, 0.1) is 26.8 Å². The summed E-state index contributed by atoms with van der Waals surface area (Å²) in [4.78, 5) is 4.71. The van der Waals surface area contributed by atoms with Gasteiger partial charge < -0.3 is 0 Å². The number of halogens is 3. The third kappa shape index (κ3) is 2.52. The van der Waals surface area contributed by atoms with Crippen LogP contribution >= 0.6 is 34.8 Å². The number of fused-ring (bicyclic) bond motifs is 1. The van der Waals surface area contributed by atoms with Crippen LogP contribution in [0.5, 0.6) is 0 Å². The monoisotopic (exact) mass is 338 g/mol. The number of benzene rings is 1. The first-order chi connectivity index (χ1) is 9.99. The summed E-state index contributed by atoms with van der Waals surface area (Å²) >= 11 is 18.5. The lowest BCUT2D eigenvalue weighted by atomic mass is 10.1. The van der Waals surface area contributed by atoms with Crippen molar-refractivity contribution in [2.45, 2.75) is 19.2 Å². The Kier molecular flexibility index (Phi) is 3.87. The zero-order valence-electron chi connectivity index (χ0n) is 11.6. The second-order valence-electron chi connectivity index (χ2n) is 4.95. The molecule has 3 rings (SSSR count). The summed E-state index contributed by atoms with van der Waals surface area (Å²) < 4.78 is 2.08. The van der Waals surface area contributed by atoms with Crippen LogP contribution in [-0.4, -0.2) is 9.38 Å². The van der Waals surface area contributed by atoms with E-state index >= 15 is 0 Å². The fraction of sp³-hybridized carbons (Fsp3) is 0.188. The highest BCUT2D eigenvalue weighted by Crippen LogP contribution is 2.35. The van der Waals surface area contributed by atoms with Crippen molar-refractivity contribution in [2.75, 3.05) is 0 Å². The third-order valence-corrected chi connectivity index (χ3v) is 4.39. The first-order valence-electron chi connectivity index (χ1n) is 6.56. The van der Waals surface area contributed by atoms with Crippen LogP contribution in [0.4, 0.5) is 0 Å². The lowest BCUT2D eigenvalue weighted by Gasteiger charge is -2.09. The molecule has 5 heteroatoms. The molecule has 108 valence electrons. The second-order valence-corrected chi connectivity index (χ2v) is 6.42. The number of pyridine rings is 1. The molecule has 2 heterocycles. The molecule has 0 saturated heterocycles. The average molecular weight is 340 g/mol. The molecular weight excluding hydrogens is 327 g/mol. The van der Waals surface area contributed by atoms with E-state index in [-0.39, 0.29) is 5.38 Å². The fourth-order valence-corrected chi connectivity index (χ4v) is 3.00. The number of imidazole rings is 1. The molecule has 2 nitrogen and oxygen atoms in total. The third-order valence-electron chi connectivity index (χ3n) is 3.44. The van der Waals surface area contributed by atoms with Gasteiger partial charge in [0.1, 0.15) is 5.65 Å². The lowest BCUT2D eigenvalue weighted by molar-refractivity contribution is 0.936. The maximum atomic E-state index is 6.40. The molecule has 3 aromatic rings. The lowest BCUT2D eigenvalue weighted by Crippen LogP contribution is -1.98. The summed E-state index contributed by atoms with van der Waals surface area (Å²) in [6.45, 7) is 3.98. The molecule has 1 aromatic carbocycles. The van der Waals surface area contributed by atoms with E-state index < -0.39 is 0 Å². The molecule has 2 aromatic heterocycles. The standard InChI is InChI=1S/C16H13Cl3N2/c1-9-4-3-5-14-20-15(16(10(2)17)21(9)14)11-6-7-12(18)13(19)8-11/h3-8,10H,1-2H3. The van der Waals surface area contributed by atoms with Gasteiger partial charge in [-0.15, -0.1) is 11.6 Å². The molecule has 0 saturated carbocycles. The Balaban J connectivity index is 2.34. The summed E-state index contributed by atoms with van der Waals surface area (Å²) in [5.74, 6) is 0. The summed E-state index contributed by atoms with van der Waals surface area (Å²) in [5.41, 5.74) is 4.68. The van der Waals surface area contributed by atoms with Crippen molar-refractivity contribution < 1.29 is 0 Å². The van der Waals surface area contributed by atoms with E-state index in [1.54, 1.807) is 6.07 Å². The van der Waals surface area contributed by atoms with E-state index in [0.29, 0.717) is 10.0 Å². The topological polar surface area (TPSA) is 17.3 Å². The number of hydrogen-bond donors (Lipinski definition) is 0. The predicted molar refractivity (Wildman–Crippen MR) is 89.7 cm³/mol. The van der Waals surface area contributed by atoms with E-state index in [0.717, 1.165) is 28.3 Å². The van der Waals surface area contributed by atoms with Gasteiger partial charge in [0.2, 0.25) is 0 Å². The van der Waals surface area contributed by atoms with Gasteiger partial charge in [0.15, 0.2) is 0 Å². The molecule has 1 unspecified atom stereocenters. The minimum Gasteiger partial charge on any atom is -0.299 e. The van der Waals surface area contributed by atoms with Crippen molar-refractivity contribution in [2.24, 2.45) is 0 Å². The Morgan fingerprint density at radius 2 is 1.86 bits per heavy atom. The van der Waals surface area contributed by atoms with Crippen molar-refractivity contribution in [3.8, 4) is 11.3 Å². The average Bonchev–Trinajstić information content (AvgIpc) is 2.83. The summed E-state index contributed by atoms with van der Waals surface area (Å²) in [7, 11) is 0. The van der Waals surface area contributed by atoms with Crippen LogP contribution in [0.3, 0.4) is 0 Å². The number of nitrogens with zero attached hydrogens (tertiary/aromatic N) is 2. The van der Waals surface area contributed by atoms with Crippen LogP contribution in [-0.2, 0) is 0 Å². The SMILES string of the molecule is Cc1cccc2nc(-c3ccc(Cl)c(Cl)c3)c(C(C)Cl)n12. The molecule has 0 aliphatic heterocycles. The molecule has 0 N–H and O–H groups in total. The number of aryl methyl sites for hydroxylation is 1. The van der Waals surface area contributed by atoms with E-state index in [9.17, 15) is 0 Å². The van der Waals surface area contributed by atoms with Gasteiger partial charge in [0.25, 0.3) is 0 Å². The van der Waals surface area contributed by atoms with Crippen molar-refractivity contribution in [1.82, 2.24) is 9.38 Å². The molecule has 0 aliphatic carbocycles. The molecular formula is C16H13Cl3N2. The zero-order valence-corrected chi connectivity index (χ0v) is 13.8. The van der Waals surface area contributed by atoms with Crippen LogP contribution in [0.1, 0.15) is 23.7 Å². The van der Waals surface area contributed by atoms with Gasteiger partial charge in [-0.25, -0.2) is 4.98 Å². The highest BCUT2D eigenvalue weighted by molar-refractivity contribution is 6.42. The quantitative estimate of drug-likeness (QED) is 0.530. The van der Waals surface area contributed by atoms with Crippen LogP contribution < -0.4 is 0 Å². The van der Waals surface area contributed by atoms with Gasteiger partial charge in [0, 0.05) is 11.3 Å². The van der Waals surface area contributed by atoms with Crippen molar-refractivity contribution in [3.63, 3.8) is 0 Å². The maximum Gasteiger partial charge on any atom is 0.137 e. The number of hydrogen-bond acceptors (Lipinski definition) is 1. The zero-order chi connectivity index (χ0) is 15.1. The van der Waals surface area contributed by atoms with Crippen molar-refractivity contribution in [3.05, 3.63) is 57.8 Å². The van der Waals surface area contributed by atoms with Crippen LogP contribution in [0, 0.1) is 6.92 Å². The molecule has 0 fully saturated rings. The number of aromatic nitrogens is 2. The Hall–Kier alpha value is -1.22. The fourth-order valence-electron chi connectivity index (χ4n) is 2.50. The Labute approximate surface area is 138 Å². The summed E-state index contributed by atoms with van der Waals surface area (Å²) in [5, 5.41) is 0.863. The highest BCUT2D eigenvalue weighted by atomic mass is 35.5.